The molecule has 0 heterocycles. The van der Waals surface area contributed by atoms with E-state index in [1.54, 1.807) is 24.3 Å². The second-order valence-electron chi connectivity index (χ2n) is 4.88. The molecular formula is C16H15NO5. The molecule has 2 N–H and O–H groups in total. The number of nitrogens with zero attached hydrogens (tertiary/aromatic N) is 1. The zero-order valence-corrected chi connectivity index (χ0v) is 11.9. The minimum atomic E-state index is -1.16. The van der Waals surface area contributed by atoms with E-state index in [4.69, 9.17) is 10.2 Å². The summed E-state index contributed by atoms with van der Waals surface area (Å²) in [5, 5.41) is 19.5. The number of carboxylic acid groups (broad SMARTS) is 2. The van der Waals surface area contributed by atoms with Gasteiger partial charge in [-0.25, -0.2) is 0 Å². The summed E-state index contributed by atoms with van der Waals surface area (Å²) in [4.78, 5) is 35.2. The summed E-state index contributed by atoms with van der Waals surface area (Å²) in [5.74, 6) is -2.58. The quantitative estimate of drug-likeness (QED) is 0.793. The van der Waals surface area contributed by atoms with Crippen LogP contribution < -0.4 is 4.90 Å². The van der Waals surface area contributed by atoms with Crippen molar-refractivity contribution in [1.29, 1.82) is 0 Å². The van der Waals surface area contributed by atoms with Crippen molar-refractivity contribution in [1.82, 2.24) is 0 Å². The number of Topliss-reactive ketones (excluding diaryl/α,β-unsaturated/α-hetero) is 1. The fourth-order valence-electron chi connectivity index (χ4n) is 2.42. The largest absolute Gasteiger partial charge is 0.480 e. The lowest BCUT2D eigenvalue weighted by Gasteiger charge is -2.24. The Morgan fingerprint density at radius 3 is 2.09 bits per heavy atom. The summed E-state index contributed by atoms with van der Waals surface area (Å²) in [5.41, 5.74) is 0.650. The molecule has 0 atom stereocenters. The molecule has 0 spiro atoms. The van der Waals surface area contributed by atoms with E-state index >= 15 is 0 Å². The van der Waals surface area contributed by atoms with Crippen LogP contribution >= 0.6 is 0 Å². The molecule has 0 aliphatic carbocycles. The summed E-state index contributed by atoms with van der Waals surface area (Å²) in [6.07, 6.45) is 0. The third kappa shape index (κ3) is 3.22. The molecule has 0 aliphatic heterocycles. The molecular weight excluding hydrogens is 286 g/mol. The molecule has 0 saturated carbocycles. The number of anilines is 1. The van der Waals surface area contributed by atoms with Crippen molar-refractivity contribution in [2.45, 2.75) is 6.92 Å². The molecule has 2 aromatic carbocycles. The maximum atomic E-state index is 11.9. The maximum absolute atomic E-state index is 11.9. The Kier molecular flexibility index (Phi) is 4.41. The van der Waals surface area contributed by atoms with Gasteiger partial charge in [-0.15, -0.1) is 0 Å². The highest BCUT2D eigenvalue weighted by molar-refractivity contribution is 6.09. The van der Waals surface area contributed by atoms with Crippen LogP contribution in [0.25, 0.3) is 10.8 Å². The molecule has 0 radical (unpaired) electrons. The first kappa shape index (κ1) is 15.5. The van der Waals surface area contributed by atoms with E-state index in [9.17, 15) is 14.4 Å². The van der Waals surface area contributed by atoms with Gasteiger partial charge in [-0.2, -0.15) is 0 Å². The Labute approximate surface area is 126 Å². The third-order valence-electron chi connectivity index (χ3n) is 3.25. The monoisotopic (exact) mass is 301 g/mol. The zero-order chi connectivity index (χ0) is 16.3. The molecule has 0 fully saturated rings. The van der Waals surface area contributed by atoms with Crippen LogP contribution in [0.5, 0.6) is 0 Å². The number of carboxylic acids is 2. The molecule has 0 unspecified atom stereocenters. The van der Waals surface area contributed by atoms with E-state index in [0.717, 1.165) is 5.39 Å². The topological polar surface area (TPSA) is 94.9 Å². The first-order chi connectivity index (χ1) is 10.4. The lowest BCUT2D eigenvalue weighted by Crippen LogP contribution is -2.35. The third-order valence-corrected chi connectivity index (χ3v) is 3.25. The van der Waals surface area contributed by atoms with Gasteiger partial charge in [0.1, 0.15) is 13.1 Å². The first-order valence-corrected chi connectivity index (χ1v) is 6.61. The predicted octanol–water partition coefficient (Wildman–Crippen LogP) is 2.02. The van der Waals surface area contributed by atoms with Crippen molar-refractivity contribution >= 4 is 34.2 Å². The first-order valence-electron chi connectivity index (χ1n) is 6.61. The molecule has 0 aliphatic rings. The number of carbonyl (C=O) groups is 3. The van der Waals surface area contributed by atoms with E-state index in [1.165, 1.54) is 11.8 Å². The second kappa shape index (κ2) is 6.26. The molecule has 0 saturated heterocycles. The highest BCUT2D eigenvalue weighted by Crippen LogP contribution is 2.31. The maximum Gasteiger partial charge on any atom is 0.323 e. The van der Waals surface area contributed by atoms with Gasteiger partial charge in [0.05, 0.1) is 5.69 Å². The van der Waals surface area contributed by atoms with Crippen LogP contribution in [0, 0.1) is 0 Å². The van der Waals surface area contributed by atoms with Crippen molar-refractivity contribution < 1.29 is 24.6 Å². The molecule has 114 valence electrons. The second-order valence-corrected chi connectivity index (χ2v) is 4.88. The Balaban J connectivity index is 2.71. The number of carbonyl (C=O) groups excluding carboxylic acids is 1. The summed E-state index contributed by atoms with van der Waals surface area (Å²) >= 11 is 0. The standard InChI is InChI=1S/C16H15NO5/c1-10(18)12-7-6-11-4-2-3-5-13(11)16(12)17(8-14(19)20)9-15(21)22/h2-7H,8-9H2,1H3,(H,19,20)(H,21,22). The summed E-state index contributed by atoms with van der Waals surface area (Å²) in [6.45, 7) is 0.370. The number of benzene rings is 2. The Bertz CT molecular complexity index is 737. The molecule has 0 aromatic heterocycles. The van der Waals surface area contributed by atoms with Crippen molar-refractivity contribution in [2.24, 2.45) is 0 Å². The summed E-state index contributed by atoms with van der Waals surface area (Å²) in [6, 6.07) is 10.5. The van der Waals surface area contributed by atoms with Crippen molar-refractivity contribution in [3.63, 3.8) is 0 Å². The van der Waals surface area contributed by atoms with Gasteiger partial charge in [0.15, 0.2) is 5.78 Å². The van der Waals surface area contributed by atoms with Gasteiger partial charge in [-0.3, -0.25) is 14.4 Å². The Morgan fingerprint density at radius 2 is 1.55 bits per heavy atom. The van der Waals surface area contributed by atoms with Crippen LogP contribution in [0.2, 0.25) is 0 Å². The van der Waals surface area contributed by atoms with Gasteiger partial charge in [-0.05, 0) is 18.4 Å². The van der Waals surface area contributed by atoms with Crippen LogP contribution in [0.15, 0.2) is 36.4 Å². The fraction of sp³-hybridized carbons (Fsp3) is 0.188. The minimum Gasteiger partial charge on any atom is -0.480 e. The van der Waals surface area contributed by atoms with Gasteiger partial charge < -0.3 is 15.1 Å². The average Bonchev–Trinajstić information content (AvgIpc) is 2.44. The van der Waals surface area contributed by atoms with Gasteiger partial charge in [0.2, 0.25) is 0 Å². The predicted molar refractivity (Wildman–Crippen MR) is 81.4 cm³/mol. The van der Waals surface area contributed by atoms with E-state index < -0.39 is 25.0 Å². The number of aliphatic carboxylic acids is 2. The van der Waals surface area contributed by atoms with E-state index in [2.05, 4.69) is 0 Å². The lowest BCUT2D eigenvalue weighted by molar-refractivity contribution is -0.136. The van der Waals surface area contributed by atoms with E-state index in [-0.39, 0.29) is 5.78 Å². The van der Waals surface area contributed by atoms with Crippen LogP contribution in [0.4, 0.5) is 5.69 Å². The average molecular weight is 301 g/mol. The molecule has 6 nitrogen and oxygen atoms in total. The number of rotatable bonds is 6. The number of fused-ring (bicyclic) bond motifs is 1. The van der Waals surface area contributed by atoms with Gasteiger partial charge in [-0.1, -0.05) is 30.3 Å². The Morgan fingerprint density at radius 1 is 0.955 bits per heavy atom. The normalized spacial score (nSPS) is 10.4. The van der Waals surface area contributed by atoms with Crippen molar-refractivity contribution in [3.05, 3.63) is 42.0 Å². The minimum absolute atomic E-state index is 0.249. The smallest absolute Gasteiger partial charge is 0.323 e. The fourth-order valence-corrected chi connectivity index (χ4v) is 2.42. The van der Waals surface area contributed by atoms with Gasteiger partial charge in [0.25, 0.3) is 0 Å². The SMILES string of the molecule is CC(=O)c1ccc2ccccc2c1N(CC(=O)O)CC(=O)O. The van der Waals surface area contributed by atoms with E-state index in [0.29, 0.717) is 16.6 Å². The van der Waals surface area contributed by atoms with Crippen molar-refractivity contribution in [2.75, 3.05) is 18.0 Å². The van der Waals surface area contributed by atoms with Crippen molar-refractivity contribution in [3.8, 4) is 0 Å². The highest BCUT2D eigenvalue weighted by Gasteiger charge is 2.21. The lowest BCUT2D eigenvalue weighted by atomic mass is 10.0. The summed E-state index contributed by atoms with van der Waals surface area (Å²) < 4.78 is 0. The van der Waals surface area contributed by atoms with E-state index in [1.807, 2.05) is 12.1 Å². The van der Waals surface area contributed by atoms with Crippen LogP contribution in [0.1, 0.15) is 17.3 Å². The highest BCUT2D eigenvalue weighted by atomic mass is 16.4. The van der Waals surface area contributed by atoms with Crippen LogP contribution in [0.3, 0.4) is 0 Å². The Hall–Kier alpha value is -2.89. The number of hydrogen-bond acceptors (Lipinski definition) is 4. The molecule has 6 heteroatoms. The number of ketones is 1. The zero-order valence-electron chi connectivity index (χ0n) is 11.9. The summed E-state index contributed by atoms with van der Waals surface area (Å²) in [7, 11) is 0. The van der Waals surface area contributed by atoms with Gasteiger partial charge in [0, 0.05) is 10.9 Å². The molecule has 0 bridgehead atoms. The van der Waals surface area contributed by atoms with Crippen LogP contribution in [-0.2, 0) is 9.59 Å². The van der Waals surface area contributed by atoms with Crippen LogP contribution in [-0.4, -0.2) is 41.0 Å². The molecule has 22 heavy (non-hydrogen) atoms. The molecule has 0 amide bonds. The van der Waals surface area contributed by atoms with Gasteiger partial charge >= 0.3 is 11.9 Å². The molecule has 2 rings (SSSR count). The number of hydrogen-bond donors (Lipinski definition) is 2. The molecule has 2 aromatic rings.